The van der Waals surface area contributed by atoms with E-state index in [1.165, 1.54) is 18.4 Å². The molecule has 0 aliphatic rings. The maximum atomic E-state index is 10.6. The molecular weight excluding hydrogens is 267 g/mol. The fourth-order valence-corrected chi connectivity index (χ4v) is 1.13. The van der Waals surface area contributed by atoms with E-state index in [9.17, 15) is 13.2 Å². The van der Waals surface area contributed by atoms with Crippen LogP contribution in [-0.2, 0) is 17.6 Å². The molecule has 1 aromatic rings. The first-order chi connectivity index (χ1) is 8.27. The van der Waals surface area contributed by atoms with Crippen molar-refractivity contribution < 1.29 is 26.5 Å². The van der Waals surface area contributed by atoms with Crippen LogP contribution in [0.3, 0.4) is 0 Å². The number of nitrogens with zero attached hydrogens (tertiary/aromatic N) is 1. The molecule has 1 rings (SSSR count). The third kappa shape index (κ3) is 8.19. The molecule has 0 saturated carbocycles. The van der Waals surface area contributed by atoms with Gasteiger partial charge >= 0.3 is 5.51 Å². The molecule has 18 heavy (non-hydrogen) atoms. The van der Waals surface area contributed by atoms with E-state index in [-0.39, 0.29) is 0 Å². The molecule has 104 valence electrons. The van der Waals surface area contributed by atoms with Gasteiger partial charge in [-0.1, -0.05) is 13.3 Å². The Labute approximate surface area is 107 Å². The van der Waals surface area contributed by atoms with Gasteiger partial charge in [-0.2, -0.15) is 13.2 Å². The van der Waals surface area contributed by atoms with Crippen molar-refractivity contribution in [2.24, 2.45) is 0 Å². The first-order valence-corrected chi connectivity index (χ1v) is 6.46. The van der Waals surface area contributed by atoms with Gasteiger partial charge in [0.1, 0.15) is 6.54 Å². The second-order valence-electron chi connectivity index (χ2n) is 3.65. The van der Waals surface area contributed by atoms with Gasteiger partial charge in [-0.25, -0.2) is 4.57 Å². The minimum atomic E-state index is -5.08. The highest BCUT2D eigenvalue weighted by atomic mass is 32.2. The average molecular weight is 283 g/mol. The third-order valence-corrected chi connectivity index (χ3v) is 2.34. The second-order valence-corrected chi connectivity index (χ2v) is 4.59. The Morgan fingerprint density at radius 1 is 1.44 bits per heavy atom. The van der Waals surface area contributed by atoms with Crippen LogP contribution >= 0.6 is 0 Å². The number of halogens is 3. The summed E-state index contributed by atoms with van der Waals surface area (Å²) in [5.74, 6) is 0. The molecule has 1 heterocycles. The highest BCUT2D eigenvalue weighted by Crippen LogP contribution is 2.16. The molecule has 0 radical (unpaired) electrons. The van der Waals surface area contributed by atoms with Crippen LogP contribution in [0.15, 0.2) is 24.5 Å². The smallest absolute Gasteiger partial charge is 0.458 e. The molecule has 0 aromatic carbocycles. The Balaban J connectivity index is 0.000000360. The van der Waals surface area contributed by atoms with Crippen molar-refractivity contribution in [3.63, 3.8) is 0 Å². The molecular formula is C11H16F3NO2S. The fourth-order valence-electron chi connectivity index (χ4n) is 1.13. The summed E-state index contributed by atoms with van der Waals surface area (Å²) in [6, 6.07) is 4.23. The monoisotopic (exact) mass is 283 g/mol. The number of unbranched alkanes of at least 4 members (excludes halogenated alkanes) is 1. The Morgan fingerprint density at radius 2 is 2.00 bits per heavy atom. The van der Waals surface area contributed by atoms with Gasteiger partial charge in [-0.15, -0.1) is 0 Å². The molecule has 1 unspecified atom stereocenters. The minimum Gasteiger partial charge on any atom is -0.766 e. The van der Waals surface area contributed by atoms with E-state index in [0.29, 0.717) is 0 Å². The average Bonchev–Trinajstić information content (AvgIpc) is 2.26. The molecule has 0 bridgehead atoms. The quantitative estimate of drug-likeness (QED) is 0.632. The Morgan fingerprint density at radius 3 is 2.39 bits per heavy atom. The second kappa shape index (κ2) is 8.20. The van der Waals surface area contributed by atoms with Crippen LogP contribution in [0.25, 0.3) is 0 Å². The SMILES string of the molecule is CCCC[n+]1cccc(C)c1.O=S([O-])C(F)(F)F. The lowest BCUT2D eigenvalue weighted by molar-refractivity contribution is -0.697. The largest absolute Gasteiger partial charge is 0.766 e. The van der Waals surface area contributed by atoms with Gasteiger partial charge < -0.3 is 4.55 Å². The summed E-state index contributed by atoms with van der Waals surface area (Å²) in [6.07, 6.45) is 6.85. The number of hydrogen-bond donors (Lipinski definition) is 0. The molecule has 0 aliphatic heterocycles. The Kier molecular flexibility index (Phi) is 7.77. The topological polar surface area (TPSA) is 44.0 Å². The molecule has 0 saturated heterocycles. The van der Waals surface area contributed by atoms with Crippen molar-refractivity contribution in [3.8, 4) is 0 Å². The van der Waals surface area contributed by atoms with Crippen LogP contribution in [0.4, 0.5) is 13.2 Å². The molecule has 0 spiro atoms. The van der Waals surface area contributed by atoms with Gasteiger partial charge in [0.25, 0.3) is 0 Å². The van der Waals surface area contributed by atoms with Crippen molar-refractivity contribution >= 4 is 11.1 Å². The zero-order valence-corrected chi connectivity index (χ0v) is 11.1. The Hall–Kier alpha value is -0.950. The lowest BCUT2D eigenvalue weighted by Crippen LogP contribution is -2.32. The summed E-state index contributed by atoms with van der Waals surface area (Å²) < 4.78 is 51.7. The van der Waals surface area contributed by atoms with E-state index in [2.05, 4.69) is 42.9 Å². The van der Waals surface area contributed by atoms with E-state index in [1.807, 2.05) is 0 Å². The van der Waals surface area contributed by atoms with E-state index in [0.717, 1.165) is 6.54 Å². The lowest BCUT2D eigenvalue weighted by atomic mass is 10.3. The van der Waals surface area contributed by atoms with E-state index < -0.39 is 16.6 Å². The normalized spacial score (nSPS) is 12.6. The lowest BCUT2D eigenvalue weighted by Gasteiger charge is -2.06. The van der Waals surface area contributed by atoms with Crippen LogP contribution in [0.2, 0.25) is 0 Å². The van der Waals surface area contributed by atoms with Crippen LogP contribution in [-0.4, -0.2) is 14.3 Å². The summed E-state index contributed by atoms with van der Waals surface area (Å²) in [6.45, 7) is 5.50. The highest BCUT2D eigenvalue weighted by Gasteiger charge is 2.28. The number of hydrogen-bond acceptors (Lipinski definition) is 2. The fraction of sp³-hybridized carbons (Fsp3) is 0.545. The molecule has 7 heteroatoms. The first-order valence-electron chi connectivity index (χ1n) is 5.39. The van der Waals surface area contributed by atoms with Crippen molar-refractivity contribution in [2.75, 3.05) is 0 Å². The zero-order valence-electron chi connectivity index (χ0n) is 10.2. The summed E-state index contributed by atoms with van der Waals surface area (Å²) in [7, 11) is 0. The van der Waals surface area contributed by atoms with Crippen LogP contribution in [0.5, 0.6) is 0 Å². The predicted octanol–water partition coefficient (Wildman–Crippen LogP) is 2.47. The van der Waals surface area contributed by atoms with Crippen LogP contribution in [0.1, 0.15) is 25.3 Å². The molecule has 0 aliphatic carbocycles. The molecule has 0 N–H and O–H groups in total. The summed E-state index contributed by atoms with van der Waals surface area (Å²) in [5.41, 5.74) is -3.75. The van der Waals surface area contributed by atoms with Crippen molar-refractivity contribution in [1.82, 2.24) is 0 Å². The predicted molar refractivity (Wildman–Crippen MR) is 61.3 cm³/mol. The van der Waals surface area contributed by atoms with Gasteiger partial charge in [-0.05, 0) is 13.0 Å². The Bertz CT molecular complexity index is 383. The third-order valence-electron chi connectivity index (χ3n) is 1.96. The van der Waals surface area contributed by atoms with E-state index in [4.69, 9.17) is 8.76 Å². The van der Waals surface area contributed by atoms with Gasteiger partial charge in [0.05, 0.1) is 11.1 Å². The van der Waals surface area contributed by atoms with Crippen molar-refractivity contribution in [2.45, 2.75) is 38.7 Å². The number of aromatic nitrogens is 1. The number of pyridine rings is 1. The van der Waals surface area contributed by atoms with E-state index in [1.54, 1.807) is 0 Å². The van der Waals surface area contributed by atoms with Crippen molar-refractivity contribution in [1.29, 1.82) is 0 Å². The molecule has 0 amide bonds. The van der Waals surface area contributed by atoms with Gasteiger partial charge in [0, 0.05) is 18.1 Å². The summed E-state index contributed by atoms with van der Waals surface area (Å²) in [5, 5.41) is 0. The van der Waals surface area contributed by atoms with Crippen molar-refractivity contribution in [3.05, 3.63) is 30.1 Å². The summed E-state index contributed by atoms with van der Waals surface area (Å²) >= 11 is -3.93. The van der Waals surface area contributed by atoms with E-state index >= 15 is 0 Å². The zero-order chi connectivity index (χ0) is 14.2. The maximum absolute atomic E-state index is 10.6. The summed E-state index contributed by atoms with van der Waals surface area (Å²) in [4.78, 5) is 0. The maximum Gasteiger partial charge on any atom is 0.458 e. The number of aryl methyl sites for hydroxylation is 2. The van der Waals surface area contributed by atoms with Crippen LogP contribution < -0.4 is 4.57 Å². The molecule has 1 atom stereocenters. The number of alkyl halides is 3. The number of rotatable bonds is 3. The minimum absolute atomic E-state index is 1.15. The standard InChI is InChI=1S/C10H16N.CHF3O2S/c1-3-4-7-11-8-5-6-10(2)9-11;2-1(3,4)7(5)6/h5-6,8-9H,3-4,7H2,1-2H3;(H,5,6)/q+1;/p-1. The van der Waals surface area contributed by atoms with Gasteiger partial charge in [0.2, 0.25) is 0 Å². The van der Waals surface area contributed by atoms with Crippen LogP contribution in [0, 0.1) is 6.92 Å². The van der Waals surface area contributed by atoms with Gasteiger partial charge in [0.15, 0.2) is 12.4 Å². The molecule has 3 nitrogen and oxygen atoms in total. The first kappa shape index (κ1) is 17.1. The highest BCUT2D eigenvalue weighted by molar-refractivity contribution is 7.80. The molecule has 0 fully saturated rings. The molecule has 1 aromatic heterocycles. The van der Waals surface area contributed by atoms with Gasteiger partial charge in [-0.3, -0.25) is 4.21 Å².